The summed E-state index contributed by atoms with van der Waals surface area (Å²) in [5, 5.41) is 4.18. The molecular formula is C22H21Cl2N3O3. The van der Waals surface area contributed by atoms with Crippen LogP contribution in [-0.4, -0.2) is 22.1 Å². The summed E-state index contributed by atoms with van der Waals surface area (Å²) in [6.07, 6.45) is 3.96. The predicted octanol–water partition coefficient (Wildman–Crippen LogP) is 4.12. The minimum Gasteiger partial charge on any atom is -0.484 e. The molecule has 0 spiro atoms. The average molecular weight is 446 g/mol. The normalized spacial score (nSPS) is 13.5. The van der Waals surface area contributed by atoms with Gasteiger partial charge in [0, 0.05) is 19.5 Å². The molecule has 4 rings (SSSR count). The Morgan fingerprint density at radius 2 is 1.97 bits per heavy atom. The topological polar surface area (TPSA) is 73.2 Å². The van der Waals surface area contributed by atoms with Crippen LogP contribution in [0.4, 0.5) is 0 Å². The Morgan fingerprint density at radius 1 is 1.10 bits per heavy atom. The lowest BCUT2D eigenvalue weighted by Gasteiger charge is -2.12. The summed E-state index contributed by atoms with van der Waals surface area (Å²) in [6, 6.07) is 10.3. The van der Waals surface area contributed by atoms with Crippen molar-refractivity contribution >= 4 is 40.0 Å². The van der Waals surface area contributed by atoms with Crippen molar-refractivity contribution < 1.29 is 9.53 Å². The zero-order valence-electron chi connectivity index (χ0n) is 16.3. The maximum absolute atomic E-state index is 12.9. The number of rotatable bonds is 5. The van der Waals surface area contributed by atoms with Gasteiger partial charge in [-0.05, 0) is 48.7 Å². The summed E-state index contributed by atoms with van der Waals surface area (Å²) in [4.78, 5) is 29.7. The molecule has 0 saturated carbocycles. The molecule has 1 aromatic heterocycles. The molecule has 1 aliphatic rings. The lowest BCUT2D eigenvalue weighted by atomic mass is 10.2. The van der Waals surface area contributed by atoms with Crippen molar-refractivity contribution in [2.24, 2.45) is 0 Å². The van der Waals surface area contributed by atoms with E-state index in [-0.39, 0.29) is 18.1 Å². The first-order valence-corrected chi connectivity index (χ1v) is 10.6. The molecule has 1 amide bonds. The fourth-order valence-corrected chi connectivity index (χ4v) is 3.86. The second kappa shape index (κ2) is 9.06. The number of hydrogen-bond acceptors (Lipinski definition) is 4. The van der Waals surface area contributed by atoms with Gasteiger partial charge in [-0.3, -0.25) is 14.2 Å². The number of aryl methyl sites for hydroxylation is 1. The molecule has 156 valence electrons. The van der Waals surface area contributed by atoms with Crippen LogP contribution in [-0.2, 0) is 24.3 Å². The molecule has 30 heavy (non-hydrogen) atoms. The molecule has 0 bridgehead atoms. The van der Waals surface area contributed by atoms with Crippen LogP contribution in [0.25, 0.3) is 10.9 Å². The summed E-state index contributed by atoms with van der Waals surface area (Å²) < 4.78 is 7.36. The molecule has 3 aromatic rings. The molecular weight excluding hydrogens is 425 g/mol. The van der Waals surface area contributed by atoms with Crippen molar-refractivity contribution in [3.8, 4) is 5.75 Å². The highest BCUT2D eigenvalue weighted by molar-refractivity contribution is 6.42. The highest BCUT2D eigenvalue weighted by Crippen LogP contribution is 2.22. The van der Waals surface area contributed by atoms with E-state index in [2.05, 4.69) is 10.3 Å². The van der Waals surface area contributed by atoms with Crippen LogP contribution >= 0.6 is 23.2 Å². The molecule has 2 heterocycles. The molecule has 0 aliphatic carbocycles. The van der Waals surface area contributed by atoms with Gasteiger partial charge < -0.3 is 10.1 Å². The van der Waals surface area contributed by atoms with Gasteiger partial charge in [0.15, 0.2) is 6.61 Å². The summed E-state index contributed by atoms with van der Waals surface area (Å²) in [7, 11) is 0. The van der Waals surface area contributed by atoms with Crippen molar-refractivity contribution in [3.63, 3.8) is 0 Å². The van der Waals surface area contributed by atoms with E-state index in [9.17, 15) is 9.59 Å². The lowest BCUT2D eigenvalue weighted by molar-refractivity contribution is -0.123. The number of benzene rings is 2. The number of halogens is 2. The number of carbonyl (C=O) groups is 1. The number of nitrogens with one attached hydrogen (secondary N) is 1. The van der Waals surface area contributed by atoms with Gasteiger partial charge in [0.25, 0.3) is 11.5 Å². The van der Waals surface area contributed by atoms with E-state index in [1.807, 2.05) is 0 Å². The van der Waals surface area contributed by atoms with Gasteiger partial charge in [0.05, 0.1) is 20.9 Å². The number of fused-ring (bicyclic) bond motifs is 2. The maximum atomic E-state index is 12.9. The van der Waals surface area contributed by atoms with Gasteiger partial charge in [-0.1, -0.05) is 35.7 Å². The molecule has 6 nitrogen and oxygen atoms in total. The van der Waals surface area contributed by atoms with E-state index < -0.39 is 0 Å². The van der Waals surface area contributed by atoms with Gasteiger partial charge in [-0.15, -0.1) is 0 Å². The molecule has 2 aromatic carbocycles. The van der Waals surface area contributed by atoms with Crippen LogP contribution in [0, 0.1) is 0 Å². The van der Waals surface area contributed by atoms with Crippen LogP contribution in [0.2, 0.25) is 10.0 Å². The standard InChI is InChI=1S/C22H21Cl2N3O3/c23-17-7-5-14(10-18(17)24)12-25-21(28)13-30-15-6-8-19-16(11-15)22(29)27-9-3-1-2-4-20(27)26-19/h5-8,10-11H,1-4,9,12-13H2,(H,25,28). The number of nitrogens with zero attached hydrogens (tertiary/aromatic N) is 2. The fourth-order valence-electron chi connectivity index (χ4n) is 3.54. The van der Waals surface area contributed by atoms with E-state index in [1.54, 1.807) is 41.0 Å². The van der Waals surface area contributed by atoms with Gasteiger partial charge in [-0.2, -0.15) is 0 Å². The molecule has 0 atom stereocenters. The molecule has 8 heteroatoms. The first-order chi connectivity index (χ1) is 14.5. The van der Waals surface area contributed by atoms with Crippen molar-refractivity contribution in [3.05, 3.63) is 68.2 Å². The summed E-state index contributed by atoms with van der Waals surface area (Å²) >= 11 is 11.9. The Labute approximate surface area is 183 Å². The molecule has 1 N–H and O–H groups in total. The highest BCUT2D eigenvalue weighted by atomic mass is 35.5. The minimum absolute atomic E-state index is 0.0496. The molecule has 0 saturated heterocycles. The average Bonchev–Trinajstić information content (AvgIpc) is 2.99. The molecule has 0 unspecified atom stereocenters. The summed E-state index contributed by atoms with van der Waals surface area (Å²) in [5.74, 6) is 1.03. The number of amides is 1. The van der Waals surface area contributed by atoms with Gasteiger partial charge in [0.2, 0.25) is 0 Å². The van der Waals surface area contributed by atoms with E-state index >= 15 is 0 Å². The minimum atomic E-state index is -0.280. The van der Waals surface area contributed by atoms with E-state index in [1.165, 1.54) is 0 Å². The third-order valence-electron chi connectivity index (χ3n) is 5.13. The molecule has 0 fully saturated rings. The summed E-state index contributed by atoms with van der Waals surface area (Å²) in [5.41, 5.74) is 1.44. The van der Waals surface area contributed by atoms with Crippen LogP contribution in [0.1, 0.15) is 30.7 Å². The van der Waals surface area contributed by atoms with Gasteiger partial charge >= 0.3 is 0 Å². The SMILES string of the molecule is O=C(COc1ccc2nc3n(c(=O)c2c1)CCCCC3)NCc1ccc(Cl)c(Cl)c1. The second-order valence-electron chi connectivity index (χ2n) is 7.29. The summed E-state index contributed by atoms with van der Waals surface area (Å²) in [6.45, 7) is 0.847. The van der Waals surface area contributed by atoms with Crippen LogP contribution in [0.5, 0.6) is 5.75 Å². The highest BCUT2D eigenvalue weighted by Gasteiger charge is 2.14. The predicted molar refractivity (Wildman–Crippen MR) is 117 cm³/mol. The second-order valence-corrected chi connectivity index (χ2v) is 8.10. The number of hydrogen-bond donors (Lipinski definition) is 1. The van der Waals surface area contributed by atoms with Crippen LogP contribution in [0.15, 0.2) is 41.2 Å². The molecule has 1 aliphatic heterocycles. The van der Waals surface area contributed by atoms with Gasteiger partial charge in [-0.25, -0.2) is 4.98 Å². The number of ether oxygens (including phenoxy) is 1. The van der Waals surface area contributed by atoms with Crippen molar-refractivity contribution in [1.29, 1.82) is 0 Å². The number of aromatic nitrogens is 2. The Kier molecular flexibility index (Phi) is 6.25. The Balaban J connectivity index is 1.42. The number of carbonyl (C=O) groups excluding carboxylic acids is 1. The third kappa shape index (κ3) is 4.60. The Hall–Kier alpha value is -2.57. The van der Waals surface area contributed by atoms with Crippen LogP contribution in [0.3, 0.4) is 0 Å². The third-order valence-corrected chi connectivity index (χ3v) is 5.87. The maximum Gasteiger partial charge on any atom is 0.261 e. The molecule has 0 radical (unpaired) electrons. The van der Waals surface area contributed by atoms with Gasteiger partial charge in [0.1, 0.15) is 11.6 Å². The fraction of sp³-hybridized carbons (Fsp3) is 0.318. The zero-order chi connectivity index (χ0) is 21.1. The van der Waals surface area contributed by atoms with Crippen molar-refractivity contribution in [1.82, 2.24) is 14.9 Å². The van der Waals surface area contributed by atoms with E-state index in [0.717, 1.165) is 37.1 Å². The van der Waals surface area contributed by atoms with E-state index in [4.69, 9.17) is 27.9 Å². The lowest BCUT2D eigenvalue weighted by Crippen LogP contribution is -2.28. The smallest absolute Gasteiger partial charge is 0.261 e. The Bertz CT molecular complexity index is 1160. The van der Waals surface area contributed by atoms with Crippen LogP contribution < -0.4 is 15.6 Å². The first kappa shape index (κ1) is 20.7. The van der Waals surface area contributed by atoms with E-state index in [0.29, 0.717) is 39.8 Å². The van der Waals surface area contributed by atoms with Crippen molar-refractivity contribution in [2.45, 2.75) is 38.8 Å². The zero-order valence-corrected chi connectivity index (χ0v) is 17.8. The Morgan fingerprint density at radius 3 is 2.80 bits per heavy atom. The largest absolute Gasteiger partial charge is 0.484 e. The monoisotopic (exact) mass is 445 g/mol. The quantitative estimate of drug-likeness (QED) is 0.640. The first-order valence-electron chi connectivity index (χ1n) is 9.88. The van der Waals surface area contributed by atoms with Crippen molar-refractivity contribution in [2.75, 3.05) is 6.61 Å².